The molecule has 2 amide bonds. The minimum Gasteiger partial charge on any atom is -0.302 e. The van der Waals surface area contributed by atoms with E-state index in [1.807, 2.05) is 0 Å². The smallest absolute Gasteiger partial charge is 0.270 e. The molecular formula is C14H15N5O4. The summed E-state index contributed by atoms with van der Waals surface area (Å²) in [5.74, 6) is -1.42. The van der Waals surface area contributed by atoms with Crippen molar-refractivity contribution in [2.45, 2.75) is 6.42 Å². The molecule has 0 radical (unpaired) electrons. The van der Waals surface area contributed by atoms with Crippen molar-refractivity contribution in [3.8, 4) is 0 Å². The van der Waals surface area contributed by atoms with Gasteiger partial charge in [-0.25, -0.2) is 0 Å². The standard InChI is InChI=1S/C14H15N5O4/c1-8(10-4-3-5-11(6-10)19(22)23)15-17-13(20)7-12-9(2)16-18-14(12)21/h3-6,12,15-16H,1-2,7H2,(H,17,20)(H,18,21). The summed E-state index contributed by atoms with van der Waals surface area (Å²) in [6.07, 6.45) is -0.0904. The number of hydrogen-bond acceptors (Lipinski definition) is 6. The first-order valence-corrected chi connectivity index (χ1v) is 6.61. The number of carbonyl (C=O) groups excluding carboxylic acids is 2. The Kier molecular flexibility index (Phi) is 4.60. The second-order valence-corrected chi connectivity index (χ2v) is 4.86. The molecule has 1 unspecified atom stereocenters. The third kappa shape index (κ3) is 3.84. The molecule has 2 rings (SSSR count). The highest BCUT2D eigenvalue weighted by Crippen LogP contribution is 2.17. The van der Waals surface area contributed by atoms with Crippen LogP contribution < -0.4 is 21.7 Å². The largest absolute Gasteiger partial charge is 0.302 e. The molecule has 0 saturated carbocycles. The summed E-state index contributed by atoms with van der Waals surface area (Å²) < 4.78 is 0. The normalized spacial score (nSPS) is 16.3. The molecular weight excluding hydrogens is 302 g/mol. The van der Waals surface area contributed by atoms with Gasteiger partial charge in [0.15, 0.2) is 0 Å². The number of rotatable bonds is 6. The molecule has 1 aliphatic heterocycles. The first-order valence-electron chi connectivity index (χ1n) is 6.61. The molecule has 120 valence electrons. The molecule has 1 fully saturated rings. The van der Waals surface area contributed by atoms with Gasteiger partial charge in [-0.05, 0) is 0 Å². The molecule has 9 heteroatoms. The van der Waals surface area contributed by atoms with Crippen LogP contribution in [-0.2, 0) is 9.59 Å². The van der Waals surface area contributed by atoms with Crippen LogP contribution in [-0.4, -0.2) is 16.7 Å². The van der Waals surface area contributed by atoms with Gasteiger partial charge in [-0.1, -0.05) is 25.3 Å². The van der Waals surface area contributed by atoms with E-state index >= 15 is 0 Å². The zero-order valence-corrected chi connectivity index (χ0v) is 12.1. The predicted octanol–water partition coefficient (Wildman–Crippen LogP) is 0.341. The van der Waals surface area contributed by atoms with Crippen LogP contribution in [0, 0.1) is 16.0 Å². The molecule has 1 heterocycles. The fourth-order valence-electron chi connectivity index (χ4n) is 1.95. The molecule has 1 saturated heterocycles. The first kappa shape index (κ1) is 16.0. The second-order valence-electron chi connectivity index (χ2n) is 4.86. The number of nitro benzene ring substituents is 1. The second kappa shape index (κ2) is 6.60. The average Bonchev–Trinajstić information content (AvgIpc) is 2.84. The van der Waals surface area contributed by atoms with E-state index in [-0.39, 0.29) is 23.7 Å². The van der Waals surface area contributed by atoms with E-state index < -0.39 is 16.7 Å². The zero-order valence-electron chi connectivity index (χ0n) is 12.1. The third-order valence-electron chi connectivity index (χ3n) is 3.23. The Balaban J connectivity index is 1.90. The Morgan fingerprint density at radius 3 is 2.70 bits per heavy atom. The first-order chi connectivity index (χ1) is 10.9. The highest BCUT2D eigenvalue weighted by molar-refractivity contribution is 5.89. The van der Waals surface area contributed by atoms with Crippen molar-refractivity contribution < 1.29 is 14.5 Å². The van der Waals surface area contributed by atoms with E-state index in [2.05, 4.69) is 34.9 Å². The van der Waals surface area contributed by atoms with Crippen LogP contribution in [0.1, 0.15) is 12.0 Å². The van der Waals surface area contributed by atoms with Crippen molar-refractivity contribution in [1.82, 2.24) is 21.7 Å². The minimum atomic E-state index is -0.650. The maximum absolute atomic E-state index is 11.8. The molecule has 1 atom stereocenters. The monoisotopic (exact) mass is 317 g/mol. The molecule has 9 nitrogen and oxygen atoms in total. The molecule has 0 bridgehead atoms. The average molecular weight is 317 g/mol. The lowest BCUT2D eigenvalue weighted by Gasteiger charge is -2.12. The molecule has 4 N–H and O–H groups in total. The predicted molar refractivity (Wildman–Crippen MR) is 81.9 cm³/mol. The van der Waals surface area contributed by atoms with Crippen molar-refractivity contribution in [2.75, 3.05) is 0 Å². The number of non-ortho nitro benzene ring substituents is 1. The van der Waals surface area contributed by atoms with E-state index in [0.717, 1.165) is 0 Å². The van der Waals surface area contributed by atoms with Gasteiger partial charge in [0.1, 0.15) is 0 Å². The summed E-state index contributed by atoms with van der Waals surface area (Å²) in [4.78, 5) is 33.5. The Morgan fingerprint density at radius 1 is 1.35 bits per heavy atom. The lowest BCUT2D eigenvalue weighted by molar-refractivity contribution is -0.384. The lowest BCUT2D eigenvalue weighted by atomic mass is 10.0. The van der Waals surface area contributed by atoms with Crippen molar-refractivity contribution in [3.05, 3.63) is 58.8 Å². The number of benzene rings is 1. The molecule has 1 aromatic carbocycles. The fraction of sp³-hybridized carbons (Fsp3) is 0.143. The van der Waals surface area contributed by atoms with Crippen molar-refractivity contribution in [1.29, 1.82) is 0 Å². The van der Waals surface area contributed by atoms with Gasteiger partial charge in [0.25, 0.3) is 5.69 Å². The van der Waals surface area contributed by atoms with Crippen LogP contribution in [0.2, 0.25) is 0 Å². The number of hydrazine groups is 2. The third-order valence-corrected chi connectivity index (χ3v) is 3.23. The lowest BCUT2D eigenvalue weighted by Crippen LogP contribution is -2.37. The summed E-state index contributed by atoms with van der Waals surface area (Å²) in [6.45, 7) is 7.33. The van der Waals surface area contributed by atoms with E-state index in [9.17, 15) is 19.7 Å². The van der Waals surface area contributed by atoms with E-state index in [1.54, 1.807) is 6.07 Å². The van der Waals surface area contributed by atoms with Gasteiger partial charge in [-0.2, -0.15) is 0 Å². The minimum absolute atomic E-state index is 0.0817. The van der Waals surface area contributed by atoms with Gasteiger partial charge in [-0.15, -0.1) is 0 Å². The van der Waals surface area contributed by atoms with Gasteiger partial charge in [0.2, 0.25) is 11.8 Å². The number of carbonyl (C=O) groups is 2. The van der Waals surface area contributed by atoms with Crippen LogP contribution in [0.15, 0.2) is 43.1 Å². The Morgan fingerprint density at radius 2 is 2.09 bits per heavy atom. The highest BCUT2D eigenvalue weighted by Gasteiger charge is 2.30. The fourth-order valence-corrected chi connectivity index (χ4v) is 1.95. The van der Waals surface area contributed by atoms with Crippen LogP contribution in [0.25, 0.3) is 5.70 Å². The van der Waals surface area contributed by atoms with Gasteiger partial charge < -0.3 is 5.43 Å². The van der Waals surface area contributed by atoms with Gasteiger partial charge in [0.05, 0.1) is 16.5 Å². The van der Waals surface area contributed by atoms with E-state index in [1.165, 1.54) is 18.2 Å². The molecule has 0 aromatic heterocycles. The van der Waals surface area contributed by atoms with Gasteiger partial charge in [0, 0.05) is 29.8 Å². The zero-order chi connectivity index (χ0) is 17.0. The number of nitro groups is 1. The summed E-state index contributed by atoms with van der Waals surface area (Å²) in [5, 5.41) is 10.7. The quantitative estimate of drug-likeness (QED) is 0.443. The summed E-state index contributed by atoms with van der Waals surface area (Å²) in [7, 11) is 0. The number of nitrogens with one attached hydrogen (secondary N) is 4. The highest BCUT2D eigenvalue weighted by atomic mass is 16.6. The molecule has 0 spiro atoms. The van der Waals surface area contributed by atoms with Crippen LogP contribution >= 0.6 is 0 Å². The number of nitrogens with zero attached hydrogens (tertiary/aromatic N) is 1. The Hall–Kier alpha value is -3.36. The SMILES string of the molecule is C=C(NNC(=O)CC1C(=C)NNC1=O)c1cccc([N+](=O)[O-])c1. The van der Waals surface area contributed by atoms with E-state index in [4.69, 9.17) is 0 Å². The Bertz CT molecular complexity index is 684. The molecule has 0 aliphatic carbocycles. The number of amides is 2. The van der Waals surface area contributed by atoms with E-state index in [0.29, 0.717) is 11.3 Å². The molecule has 23 heavy (non-hydrogen) atoms. The van der Waals surface area contributed by atoms with Crippen LogP contribution in [0.5, 0.6) is 0 Å². The molecule has 1 aromatic rings. The Labute approximate surface area is 131 Å². The van der Waals surface area contributed by atoms with Crippen molar-refractivity contribution in [2.24, 2.45) is 5.92 Å². The topological polar surface area (TPSA) is 125 Å². The maximum Gasteiger partial charge on any atom is 0.270 e. The van der Waals surface area contributed by atoms with Crippen LogP contribution in [0.4, 0.5) is 5.69 Å². The summed E-state index contributed by atoms with van der Waals surface area (Å²) in [6, 6.07) is 5.82. The summed E-state index contributed by atoms with van der Waals surface area (Å²) in [5.41, 5.74) is 11.0. The maximum atomic E-state index is 11.8. The summed E-state index contributed by atoms with van der Waals surface area (Å²) >= 11 is 0. The van der Waals surface area contributed by atoms with Crippen molar-refractivity contribution in [3.63, 3.8) is 0 Å². The van der Waals surface area contributed by atoms with Gasteiger partial charge in [-0.3, -0.25) is 36.0 Å². The van der Waals surface area contributed by atoms with Crippen molar-refractivity contribution >= 4 is 23.2 Å². The number of hydrogen-bond donors (Lipinski definition) is 4. The molecule has 1 aliphatic rings. The van der Waals surface area contributed by atoms with Crippen LogP contribution in [0.3, 0.4) is 0 Å². The van der Waals surface area contributed by atoms with Gasteiger partial charge >= 0.3 is 0 Å².